The molecule has 1 aromatic carbocycles. The Hall–Kier alpha value is -1.65. The quantitative estimate of drug-likeness (QED) is 0.877. The largest absolute Gasteiger partial charge is 0.401 e. The molecule has 2 N–H and O–H groups in total. The van der Waals surface area contributed by atoms with Crippen molar-refractivity contribution in [2.24, 2.45) is 0 Å². The molecule has 6 nitrogen and oxygen atoms in total. The number of sulfonamides is 1. The summed E-state index contributed by atoms with van der Waals surface area (Å²) in [6, 6.07) is 3.99. The summed E-state index contributed by atoms with van der Waals surface area (Å²) in [6.07, 6.45) is -2.35. The van der Waals surface area contributed by atoms with Crippen molar-refractivity contribution >= 4 is 20.9 Å². The number of aromatic amines is 1. The van der Waals surface area contributed by atoms with E-state index in [2.05, 4.69) is 14.9 Å². The SMILES string of the molecule is O=S(=O)(NC1CCN(CC(F)(F)F)C1)c1ccc2cn[nH]c2c1. The van der Waals surface area contributed by atoms with E-state index >= 15 is 0 Å². The molecule has 0 spiro atoms. The van der Waals surface area contributed by atoms with Crippen LogP contribution in [0.2, 0.25) is 0 Å². The molecule has 126 valence electrons. The maximum Gasteiger partial charge on any atom is 0.401 e. The highest BCUT2D eigenvalue weighted by Gasteiger charge is 2.35. The van der Waals surface area contributed by atoms with Gasteiger partial charge in [0.05, 0.1) is 23.2 Å². The lowest BCUT2D eigenvalue weighted by Crippen LogP contribution is -2.39. The second-order valence-corrected chi connectivity index (χ2v) is 7.29. The van der Waals surface area contributed by atoms with E-state index in [1.165, 1.54) is 17.0 Å². The molecule has 10 heteroatoms. The summed E-state index contributed by atoms with van der Waals surface area (Å²) >= 11 is 0. The van der Waals surface area contributed by atoms with Crippen LogP contribution in [-0.2, 0) is 10.0 Å². The third-order valence-electron chi connectivity index (χ3n) is 3.72. The van der Waals surface area contributed by atoms with Crippen molar-refractivity contribution < 1.29 is 21.6 Å². The van der Waals surface area contributed by atoms with Gasteiger partial charge in [-0.1, -0.05) is 0 Å². The monoisotopic (exact) mass is 348 g/mol. The van der Waals surface area contributed by atoms with Crippen molar-refractivity contribution in [3.05, 3.63) is 24.4 Å². The molecule has 1 aromatic heterocycles. The number of likely N-dealkylation sites (tertiary alicyclic amines) is 1. The van der Waals surface area contributed by atoms with E-state index in [0.29, 0.717) is 11.9 Å². The Morgan fingerprint density at radius 3 is 2.91 bits per heavy atom. The summed E-state index contributed by atoms with van der Waals surface area (Å²) in [5, 5.41) is 7.28. The number of halogens is 3. The highest BCUT2D eigenvalue weighted by atomic mass is 32.2. The maximum atomic E-state index is 12.4. The summed E-state index contributed by atoms with van der Waals surface area (Å²) < 4.78 is 64.3. The summed E-state index contributed by atoms with van der Waals surface area (Å²) in [6.45, 7) is -0.761. The first-order valence-corrected chi connectivity index (χ1v) is 8.46. The molecule has 2 heterocycles. The zero-order valence-corrected chi connectivity index (χ0v) is 12.8. The predicted molar refractivity (Wildman–Crippen MR) is 77.3 cm³/mol. The van der Waals surface area contributed by atoms with Gasteiger partial charge in [0.1, 0.15) is 0 Å². The van der Waals surface area contributed by atoms with Crippen molar-refractivity contribution in [1.29, 1.82) is 0 Å². The molecule has 1 aliphatic heterocycles. The minimum Gasteiger partial charge on any atom is -0.293 e. The van der Waals surface area contributed by atoms with Gasteiger partial charge in [-0.15, -0.1) is 0 Å². The Balaban J connectivity index is 1.69. The maximum absolute atomic E-state index is 12.4. The molecule has 1 saturated heterocycles. The Morgan fingerprint density at radius 2 is 2.17 bits per heavy atom. The molecule has 0 bridgehead atoms. The molecular formula is C13H15F3N4O2S. The van der Waals surface area contributed by atoms with Gasteiger partial charge >= 0.3 is 6.18 Å². The lowest BCUT2D eigenvalue weighted by Gasteiger charge is -2.18. The van der Waals surface area contributed by atoms with Gasteiger partial charge in [-0.2, -0.15) is 18.3 Å². The Bertz CT molecular complexity index is 803. The average molecular weight is 348 g/mol. The highest BCUT2D eigenvalue weighted by molar-refractivity contribution is 7.89. The topological polar surface area (TPSA) is 78.1 Å². The van der Waals surface area contributed by atoms with Gasteiger partial charge < -0.3 is 0 Å². The van der Waals surface area contributed by atoms with E-state index in [-0.39, 0.29) is 18.0 Å². The number of H-pyrrole nitrogens is 1. The van der Waals surface area contributed by atoms with Crippen LogP contribution in [0.15, 0.2) is 29.3 Å². The second kappa shape index (κ2) is 5.77. The fourth-order valence-corrected chi connectivity index (χ4v) is 3.98. The average Bonchev–Trinajstić information content (AvgIpc) is 3.04. The van der Waals surface area contributed by atoms with E-state index in [4.69, 9.17) is 0 Å². The minimum atomic E-state index is -4.28. The number of nitrogens with one attached hydrogen (secondary N) is 2. The van der Waals surface area contributed by atoms with Crippen molar-refractivity contribution in [1.82, 2.24) is 19.8 Å². The molecular weight excluding hydrogens is 333 g/mol. The molecule has 0 saturated carbocycles. The number of rotatable bonds is 4. The molecule has 23 heavy (non-hydrogen) atoms. The van der Waals surface area contributed by atoms with Crippen LogP contribution in [0.3, 0.4) is 0 Å². The number of nitrogens with zero attached hydrogens (tertiary/aromatic N) is 2. The summed E-state index contributed by atoms with van der Waals surface area (Å²) in [5.41, 5.74) is 0.581. The fourth-order valence-electron chi connectivity index (χ4n) is 2.70. The zero-order chi connectivity index (χ0) is 16.7. The lowest BCUT2D eigenvalue weighted by molar-refractivity contribution is -0.143. The van der Waals surface area contributed by atoms with Gasteiger partial charge in [0.2, 0.25) is 10.0 Å². The van der Waals surface area contributed by atoms with Crippen molar-refractivity contribution in [3.63, 3.8) is 0 Å². The molecule has 0 amide bonds. The van der Waals surface area contributed by atoms with Gasteiger partial charge in [0, 0.05) is 24.5 Å². The first-order chi connectivity index (χ1) is 10.7. The van der Waals surface area contributed by atoms with Crippen LogP contribution in [0.4, 0.5) is 13.2 Å². The highest BCUT2D eigenvalue weighted by Crippen LogP contribution is 2.22. The number of hydrogen-bond donors (Lipinski definition) is 2. The van der Waals surface area contributed by atoms with E-state index in [9.17, 15) is 21.6 Å². The number of benzene rings is 1. The number of alkyl halides is 3. The Morgan fingerprint density at radius 1 is 1.39 bits per heavy atom. The Labute approximate surface area is 130 Å². The summed E-state index contributed by atoms with van der Waals surface area (Å²) in [5.74, 6) is 0. The van der Waals surface area contributed by atoms with Crippen LogP contribution in [0.25, 0.3) is 10.9 Å². The number of fused-ring (bicyclic) bond motifs is 1. The normalized spacial score (nSPS) is 20.4. The number of hydrogen-bond acceptors (Lipinski definition) is 4. The van der Waals surface area contributed by atoms with Gasteiger partial charge in [0.25, 0.3) is 0 Å². The van der Waals surface area contributed by atoms with Gasteiger partial charge in [-0.3, -0.25) is 10.00 Å². The molecule has 0 aliphatic carbocycles. The smallest absolute Gasteiger partial charge is 0.293 e. The zero-order valence-electron chi connectivity index (χ0n) is 12.0. The lowest BCUT2D eigenvalue weighted by atomic mass is 10.3. The van der Waals surface area contributed by atoms with Gasteiger partial charge in [-0.25, -0.2) is 13.1 Å². The van der Waals surface area contributed by atoms with Crippen LogP contribution < -0.4 is 4.72 Å². The van der Waals surface area contributed by atoms with E-state index < -0.39 is 28.8 Å². The molecule has 2 aromatic rings. The third-order valence-corrected chi connectivity index (χ3v) is 5.24. The van der Waals surface area contributed by atoms with Crippen LogP contribution >= 0.6 is 0 Å². The second-order valence-electron chi connectivity index (χ2n) is 5.58. The third kappa shape index (κ3) is 3.82. The fraction of sp³-hybridized carbons (Fsp3) is 0.462. The first-order valence-electron chi connectivity index (χ1n) is 6.97. The van der Waals surface area contributed by atoms with Gasteiger partial charge in [0.15, 0.2) is 0 Å². The van der Waals surface area contributed by atoms with Crippen LogP contribution in [0.1, 0.15) is 6.42 Å². The van der Waals surface area contributed by atoms with Crippen LogP contribution in [0.5, 0.6) is 0 Å². The van der Waals surface area contributed by atoms with Crippen molar-refractivity contribution in [2.75, 3.05) is 19.6 Å². The molecule has 0 radical (unpaired) electrons. The first kappa shape index (κ1) is 16.2. The molecule has 1 unspecified atom stereocenters. The molecule has 1 aliphatic rings. The molecule has 1 atom stereocenters. The van der Waals surface area contributed by atoms with Gasteiger partial charge in [-0.05, 0) is 24.6 Å². The molecule has 3 rings (SSSR count). The Kier molecular flexibility index (Phi) is 4.07. The summed E-state index contributed by atoms with van der Waals surface area (Å²) in [4.78, 5) is 1.26. The van der Waals surface area contributed by atoms with E-state index in [1.54, 1.807) is 12.3 Å². The summed E-state index contributed by atoms with van der Waals surface area (Å²) in [7, 11) is -3.79. The predicted octanol–water partition coefficient (Wildman–Crippen LogP) is 1.48. The van der Waals surface area contributed by atoms with Crippen LogP contribution in [-0.4, -0.2) is 55.4 Å². The standard InChI is InChI=1S/C13H15F3N4O2S/c14-13(15,16)8-20-4-3-10(7-20)19-23(21,22)11-2-1-9-6-17-18-12(9)5-11/h1-2,5-6,10,19H,3-4,7-8H2,(H,17,18). The van der Waals surface area contributed by atoms with Crippen molar-refractivity contribution in [2.45, 2.75) is 23.5 Å². The molecule has 1 fully saturated rings. The van der Waals surface area contributed by atoms with E-state index in [1.807, 2.05) is 0 Å². The minimum absolute atomic E-state index is 0.0467. The van der Waals surface area contributed by atoms with E-state index in [0.717, 1.165) is 5.39 Å². The van der Waals surface area contributed by atoms with Crippen molar-refractivity contribution in [3.8, 4) is 0 Å². The van der Waals surface area contributed by atoms with Crippen LogP contribution in [0, 0.1) is 0 Å². The number of aromatic nitrogens is 2.